The number of aromatic nitrogens is 1. The van der Waals surface area contributed by atoms with E-state index in [0.717, 1.165) is 28.7 Å². The van der Waals surface area contributed by atoms with Gasteiger partial charge in [0.05, 0.1) is 5.69 Å². The molecule has 23 heavy (non-hydrogen) atoms. The van der Waals surface area contributed by atoms with E-state index in [-0.39, 0.29) is 0 Å². The van der Waals surface area contributed by atoms with Crippen LogP contribution in [0.2, 0.25) is 5.02 Å². The fraction of sp³-hybridized carbons (Fsp3) is 0.105. The van der Waals surface area contributed by atoms with Gasteiger partial charge in [-0.15, -0.1) is 0 Å². The van der Waals surface area contributed by atoms with E-state index in [0.29, 0.717) is 6.61 Å². The molecule has 2 aromatic carbocycles. The van der Waals surface area contributed by atoms with Crippen molar-refractivity contribution >= 4 is 17.3 Å². The Kier molecular flexibility index (Phi) is 5.12. The fourth-order valence-electron chi connectivity index (χ4n) is 2.14. The summed E-state index contributed by atoms with van der Waals surface area (Å²) in [6.45, 7) is 1.20. The molecule has 0 saturated carbocycles. The smallest absolute Gasteiger partial charge is 0.130 e. The van der Waals surface area contributed by atoms with Gasteiger partial charge in [-0.05, 0) is 42.0 Å². The standard InChI is InChI=1S/C19H17ClN2O/c20-16-9-7-15(8-10-16)13-22-17-5-3-6-19(12-17)23-14-18-4-1-2-11-21-18/h1-12,22H,13-14H2. The lowest BCUT2D eigenvalue weighted by Crippen LogP contribution is -2.01. The Labute approximate surface area is 140 Å². The average Bonchev–Trinajstić information content (AvgIpc) is 2.61. The normalized spacial score (nSPS) is 10.3. The lowest BCUT2D eigenvalue weighted by molar-refractivity contribution is 0.301. The van der Waals surface area contributed by atoms with Crippen molar-refractivity contribution in [3.63, 3.8) is 0 Å². The zero-order valence-corrected chi connectivity index (χ0v) is 13.3. The average molecular weight is 325 g/mol. The number of hydrogen-bond acceptors (Lipinski definition) is 3. The van der Waals surface area contributed by atoms with Crippen molar-refractivity contribution in [2.24, 2.45) is 0 Å². The minimum atomic E-state index is 0.460. The number of rotatable bonds is 6. The van der Waals surface area contributed by atoms with Gasteiger partial charge < -0.3 is 10.1 Å². The molecule has 3 rings (SSSR count). The summed E-state index contributed by atoms with van der Waals surface area (Å²) in [5.74, 6) is 0.816. The topological polar surface area (TPSA) is 34.1 Å². The van der Waals surface area contributed by atoms with E-state index >= 15 is 0 Å². The molecule has 1 aromatic heterocycles. The lowest BCUT2D eigenvalue weighted by Gasteiger charge is -2.10. The second kappa shape index (κ2) is 7.65. The van der Waals surface area contributed by atoms with E-state index in [1.165, 1.54) is 5.56 Å². The van der Waals surface area contributed by atoms with Crippen molar-refractivity contribution in [1.29, 1.82) is 0 Å². The van der Waals surface area contributed by atoms with Gasteiger partial charge in [-0.2, -0.15) is 0 Å². The third-order valence-electron chi connectivity index (χ3n) is 3.36. The van der Waals surface area contributed by atoms with Crippen molar-refractivity contribution in [2.45, 2.75) is 13.2 Å². The summed E-state index contributed by atoms with van der Waals surface area (Å²) in [4.78, 5) is 4.25. The molecule has 0 fully saturated rings. The molecule has 1 N–H and O–H groups in total. The van der Waals surface area contributed by atoms with Crippen molar-refractivity contribution in [1.82, 2.24) is 4.98 Å². The van der Waals surface area contributed by atoms with Crippen LogP contribution in [0.1, 0.15) is 11.3 Å². The maximum atomic E-state index is 5.89. The Morgan fingerprint density at radius 2 is 1.83 bits per heavy atom. The molecule has 0 saturated heterocycles. The molecule has 4 heteroatoms. The number of hydrogen-bond donors (Lipinski definition) is 1. The lowest BCUT2D eigenvalue weighted by atomic mass is 10.2. The van der Waals surface area contributed by atoms with Gasteiger partial charge >= 0.3 is 0 Å². The molecular formula is C19H17ClN2O. The Morgan fingerprint density at radius 3 is 2.61 bits per heavy atom. The summed E-state index contributed by atoms with van der Waals surface area (Å²) in [5, 5.41) is 4.13. The summed E-state index contributed by atoms with van der Waals surface area (Å²) < 4.78 is 5.78. The van der Waals surface area contributed by atoms with Crippen LogP contribution in [-0.4, -0.2) is 4.98 Å². The Balaban J connectivity index is 1.57. The van der Waals surface area contributed by atoms with Crippen LogP contribution in [0.15, 0.2) is 72.9 Å². The summed E-state index contributed by atoms with van der Waals surface area (Å²) in [6, 6.07) is 21.5. The van der Waals surface area contributed by atoms with Gasteiger partial charge in [-0.3, -0.25) is 4.98 Å². The monoisotopic (exact) mass is 324 g/mol. The SMILES string of the molecule is Clc1ccc(CNc2cccc(OCc3ccccn3)c2)cc1. The van der Waals surface area contributed by atoms with Crippen molar-refractivity contribution in [2.75, 3.05) is 5.32 Å². The Bertz CT molecular complexity index is 745. The predicted octanol–water partition coefficient (Wildman–Crippen LogP) is 4.93. The van der Waals surface area contributed by atoms with E-state index in [4.69, 9.17) is 16.3 Å². The van der Waals surface area contributed by atoms with Gasteiger partial charge in [0.2, 0.25) is 0 Å². The maximum absolute atomic E-state index is 5.89. The molecule has 0 bridgehead atoms. The number of nitrogens with zero attached hydrogens (tertiary/aromatic N) is 1. The van der Waals surface area contributed by atoms with Crippen molar-refractivity contribution < 1.29 is 4.74 Å². The summed E-state index contributed by atoms with van der Waals surface area (Å²) in [5.41, 5.74) is 3.10. The largest absolute Gasteiger partial charge is 0.487 e. The number of benzene rings is 2. The molecule has 0 aliphatic rings. The van der Waals surface area contributed by atoms with Crippen LogP contribution in [0, 0.1) is 0 Å². The second-order valence-electron chi connectivity index (χ2n) is 5.12. The number of halogens is 1. The highest BCUT2D eigenvalue weighted by atomic mass is 35.5. The van der Waals surface area contributed by atoms with E-state index in [1.807, 2.05) is 66.7 Å². The third kappa shape index (κ3) is 4.73. The van der Waals surface area contributed by atoms with Crippen LogP contribution in [0.5, 0.6) is 5.75 Å². The van der Waals surface area contributed by atoms with Crippen LogP contribution >= 0.6 is 11.6 Å². The molecule has 1 heterocycles. The van der Waals surface area contributed by atoms with Crippen LogP contribution < -0.4 is 10.1 Å². The molecule has 0 spiro atoms. The number of nitrogens with one attached hydrogen (secondary N) is 1. The van der Waals surface area contributed by atoms with Gasteiger partial charge in [0, 0.05) is 29.5 Å². The van der Waals surface area contributed by atoms with Gasteiger partial charge in [0.1, 0.15) is 12.4 Å². The summed E-state index contributed by atoms with van der Waals surface area (Å²) >= 11 is 5.89. The minimum absolute atomic E-state index is 0.460. The quantitative estimate of drug-likeness (QED) is 0.698. The molecule has 3 aromatic rings. The van der Waals surface area contributed by atoms with E-state index in [1.54, 1.807) is 6.20 Å². The van der Waals surface area contributed by atoms with E-state index in [9.17, 15) is 0 Å². The van der Waals surface area contributed by atoms with Crippen molar-refractivity contribution in [3.05, 3.63) is 89.2 Å². The van der Waals surface area contributed by atoms with Gasteiger partial charge in [0.25, 0.3) is 0 Å². The van der Waals surface area contributed by atoms with Gasteiger partial charge in [-0.1, -0.05) is 35.9 Å². The first-order valence-corrected chi connectivity index (χ1v) is 7.78. The van der Waals surface area contributed by atoms with Crippen LogP contribution in [0.4, 0.5) is 5.69 Å². The summed E-state index contributed by atoms with van der Waals surface area (Å²) in [6.07, 6.45) is 1.77. The highest BCUT2D eigenvalue weighted by Gasteiger charge is 1.99. The number of ether oxygens (including phenoxy) is 1. The first kappa shape index (κ1) is 15.4. The molecule has 116 valence electrons. The van der Waals surface area contributed by atoms with Crippen LogP contribution in [0.25, 0.3) is 0 Å². The third-order valence-corrected chi connectivity index (χ3v) is 3.61. The Hall–Kier alpha value is -2.52. The molecular weight excluding hydrogens is 308 g/mol. The molecule has 0 aliphatic heterocycles. The molecule has 3 nitrogen and oxygen atoms in total. The highest BCUT2D eigenvalue weighted by molar-refractivity contribution is 6.30. The molecule has 0 radical (unpaired) electrons. The van der Waals surface area contributed by atoms with E-state index < -0.39 is 0 Å². The fourth-order valence-corrected chi connectivity index (χ4v) is 2.27. The van der Waals surface area contributed by atoms with E-state index in [2.05, 4.69) is 10.3 Å². The second-order valence-corrected chi connectivity index (χ2v) is 5.55. The van der Waals surface area contributed by atoms with Crippen molar-refractivity contribution in [3.8, 4) is 5.75 Å². The van der Waals surface area contributed by atoms with Crippen LogP contribution in [-0.2, 0) is 13.2 Å². The van der Waals surface area contributed by atoms with Gasteiger partial charge in [-0.25, -0.2) is 0 Å². The Morgan fingerprint density at radius 1 is 0.957 bits per heavy atom. The number of anilines is 1. The maximum Gasteiger partial charge on any atom is 0.130 e. The highest BCUT2D eigenvalue weighted by Crippen LogP contribution is 2.19. The predicted molar refractivity (Wildman–Crippen MR) is 93.8 cm³/mol. The zero-order chi connectivity index (χ0) is 15.9. The summed E-state index contributed by atoms with van der Waals surface area (Å²) in [7, 11) is 0. The minimum Gasteiger partial charge on any atom is -0.487 e. The number of pyridine rings is 1. The van der Waals surface area contributed by atoms with Crippen LogP contribution in [0.3, 0.4) is 0 Å². The molecule has 0 atom stereocenters. The molecule has 0 aliphatic carbocycles. The first-order chi connectivity index (χ1) is 11.3. The molecule has 0 amide bonds. The first-order valence-electron chi connectivity index (χ1n) is 7.41. The zero-order valence-electron chi connectivity index (χ0n) is 12.6. The molecule has 0 unspecified atom stereocenters. The van der Waals surface area contributed by atoms with Gasteiger partial charge in [0.15, 0.2) is 0 Å².